The summed E-state index contributed by atoms with van der Waals surface area (Å²) in [5.74, 6) is -1.05. The molecule has 1 heterocycles. The fourth-order valence-corrected chi connectivity index (χ4v) is 3.93. The van der Waals surface area contributed by atoms with E-state index in [1.165, 1.54) is 15.2 Å². The number of hydrogen-bond acceptors (Lipinski definition) is 2. The van der Waals surface area contributed by atoms with E-state index in [1.807, 2.05) is 6.92 Å². The fourth-order valence-electron chi connectivity index (χ4n) is 3.74. The van der Waals surface area contributed by atoms with Gasteiger partial charge in [-0.2, -0.15) is 13.2 Å². The maximum absolute atomic E-state index is 13.5. The van der Waals surface area contributed by atoms with Crippen molar-refractivity contribution in [1.29, 1.82) is 0 Å². The van der Waals surface area contributed by atoms with Crippen LogP contribution in [0.2, 0.25) is 5.02 Å². The molecule has 1 aromatic heterocycles. The van der Waals surface area contributed by atoms with Crippen LogP contribution in [0, 0.1) is 0 Å². The number of nitrogens with zero attached hydrogens (tertiary/aromatic N) is 2. The molecule has 0 amide bonds. The summed E-state index contributed by atoms with van der Waals surface area (Å²) in [5.41, 5.74) is -0.638. The minimum absolute atomic E-state index is 0.129. The van der Waals surface area contributed by atoms with Crippen molar-refractivity contribution in [2.45, 2.75) is 44.9 Å². The Bertz CT molecular complexity index is 1130. The van der Waals surface area contributed by atoms with Crippen LogP contribution in [-0.2, 0) is 17.5 Å². The van der Waals surface area contributed by atoms with E-state index >= 15 is 0 Å². The van der Waals surface area contributed by atoms with Gasteiger partial charge in [-0.05, 0) is 42.3 Å². The molecule has 3 aromatic rings. The van der Waals surface area contributed by atoms with E-state index < -0.39 is 29.4 Å². The molecule has 160 valence electrons. The van der Waals surface area contributed by atoms with Gasteiger partial charge >= 0.3 is 17.8 Å². The second-order valence-corrected chi connectivity index (χ2v) is 7.50. The highest BCUT2D eigenvalue weighted by Gasteiger charge is 2.34. The minimum atomic E-state index is -4.60. The first-order valence-electron chi connectivity index (χ1n) is 9.40. The van der Waals surface area contributed by atoms with Crippen LogP contribution in [0.1, 0.15) is 43.4 Å². The average Bonchev–Trinajstić information content (AvgIpc) is 2.92. The van der Waals surface area contributed by atoms with Crippen molar-refractivity contribution in [3.05, 3.63) is 69.1 Å². The highest BCUT2D eigenvalue weighted by molar-refractivity contribution is 6.30. The number of fused-ring (bicyclic) bond motifs is 1. The quantitative estimate of drug-likeness (QED) is 0.539. The number of halogens is 4. The summed E-state index contributed by atoms with van der Waals surface area (Å²) >= 11 is 5.92. The number of hydrogen-bond donors (Lipinski definition) is 1. The van der Waals surface area contributed by atoms with Gasteiger partial charge in [0.1, 0.15) is 0 Å². The van der Waals surface area contributed by atoms with Crippen molar-refractivity contribution in [3.63, 3.8) is 0 Å². The SMILES string of the molecule is CCCC(CC(=O)O)n1c(=O)n(Cc2cc(Cl)ccc2C(F)(F)F)c2ccccc21. The van der Waals surface area contributed by atoms with E-state index in [9.17, 15) is 27.9 Å². The predicted octanol–water partition coefficient (Wildman–Crippen LogP) is 5.34. The first-order chi connectivity index (χ1) is 14.1. The average molecular weight is 441 g/mol. The molecule has 9 heteroatoms. The Morgan fingerprint density at radius 1 is 1.17 bits per heavy atom. The summed E-state index contributed by atoms with van der Waals surface area (Å²) in [5, 5.41) is 9.40. The molecule has 0 bridgehead atoms. The van der Waals surface area contributed by atoms with Crippen LogP contribution >= 0.6 is 11.6 Å². The van der Waals surface area contributed by atoms with Gasteiger partial charge in [-0.1, -0.05) is 37.1 Å². The molecule has 1 unspecified atom stereocenters. The molecule has 0 saturated carbocycles. The number of alkyl halides is 3. The van der Waals surface area contributed by atoms with Gasteiger partial charge in [-0.3, -0.25) is 13.9 Å². The van der Waals surface area contributed by atoms with Gasteiger partial charge in [0.2, 0.25) is 0 Å². The van der Waals surface area contributed by atoms with E-state index in [2.05, 4.69) is 0 Å². The Balaban J connectivity index is 2.20. The highest BCUT2D eigenvalue weighted by Crippen LogP contribution is 2.34. The van der Waals surface area contributed by atoms with Crippen LogP contribution < -0.4 is 5.69 Å². The number of aliphatic carboxylic acids is 1. The van der Waals surface area contributed by atoms with E-state index in [0.717, 1.165) is 12.1 Å². The molecule has 0 aliphatic carbocycles. The smallest absolute Gasteiger partial charge is 0.416 e. The molecule has 0 fully saturated rings. The van der Waals surface area contributed by atoms with Gasteiger partial charge in [0.25, 0.3) is 0 Å². The molecule has 1 N–H and O–H groups in total. The summed E-state index contributed by atoms with van der Waals surface area (Å²) in [4.78, 5) is 24.6. The summed E-state index contributed by atoms with van der Waals surface area (Å²) in [6, 6.07) is 9.33. The van der Waals surface area contributed by atoms with Gasteiger partial charge in [0.05, 0.1) is 29.6 Å². The Hall–Kier alpha value is -2.74. The third-order valence-corrected chi connectivity index (χ3v) is 5.20. The van der Waals surface area contributed by atoms with E-state index in [-0.39, 0.29) is 23.6 Å². The number of para-hydroxylation sites is 2. The molecule has 5 nitrogen and oxygen atoms in total. The Labute approximate surface area is 175 Å². The van der Waals surface area contributed by atoms with Crippen LogP contribution in [0.5, 0.6) is 0 Å². The maximum atomic E-state index is 13.5. The number of aromatic nitrogens is 2. The third kappa shape index (κ3) is 4.38. The molecular weight excluding hydrogens is 421 g/mol. The van der Waals surface area contributed by atoms with Crippen molar-refractivity contribution in [2.75, 3.05) is 0 Å². The van der Waals surface area contributed by atoms with Crippen LogP contribution in [0.3, 0.4) is 0 Å². The zero-order valence-corrected chi connectivity index (χ0v) is 16.9. The summed E-state index contributed by atoms with van der Waals surface area (Å²) in [7, 11) is 0. The highest BCUT2D eigenvalue weighted by atomic mass is 35.5. The van der Waals surface area contributed by atoms with E-state index in [1.54, 1.807) is 24.3 Å². The zero-order valence-electron chi connectivity index (χ0n) is 16.1. The van der Waals surface area contributed by atoms with Gasteiger partial charge < -0.3 is 5.11 Å². The summed E-state index contributed by atoms with van der Waals surface area (Å²) in [6.07, 6.45) is -3.76. The second-order valence-electron chi connectivity index (χ2n) is 7.07. The van der Waals surface area contributed by atoms with Crippen LogP contribution in [0.15, 0.2) is 47.3 Å². The van der Waals surface area contributed by atoms with Crippen molar-refractivity contribution >= 4 is 28.6 Å². The van der Waals surface area contributed by atoms with Gasteiger partial charge in [0.15, 0.2) is 0 Å². The number of imidazole rings is 1. The minimum Gasteiger partial charge on any atom is -0.481 e. The van der Waals surface area contributed by atoms with Crippen molar-refractivity contribution < 1.29 is 23.1 Å². The number of carbonyl (C=O) groups is 1. The van der Waals surface area contributed by atoms with Crippen LogP contribution in [-0.4, -0.2) is 20.2 Å². The lowest BCUT2D eigenvalue weighted by Gasteiger charge is -2.16. The first-order valence-corrected chi connectivity index (χ1v) is 9.78. The molecular formula is C21H20ClF3N2O3. The van der Waals surface area contributed by atoms with Crippen molar-refractivity contribution in [2.24, 2.45) is 0 Å². The standard InChI is InChI=1S/C21H20ClF3N2O3/c1-2-5-15(11-19(28)29)27-18-7-4-3-6-17(18)26(20(27)30)12-13-10-14(22)8-9-16(13)21(23,24)25/h3-4,6-10,15H,2,5,11-12H2,1H3,(H,28,29). The molecule has 0 aliphatic heterocycles. The van der Waals surface area contributed by atoms with Crippen LogP contribution in [0.25, 0.3) is 11.0 Å². The number of rotatable bonds is 7. The summed E-state index contributed by atoms with van der Waals surface area (Å²) < 4.78 is 43.0. The first kappa shape index (κ1) is 22.0. The summed E-state index contributed by atoms with van der Waals surface area (Å²) in [6.45, 7) is 1.54. The van der Waals surface area contributed by atoms with Gasteiger partial charge in [-0.15, -0.1) is 0 Å². The van der Waals surface area contributed by atoms with Gasteiger partial charge in [0, 0.05) is 11.1 Å². The number of benzene rings is 2. The lowest BCUT2D eigenvalue weighted by atomic mass is 10.1. The Morgan fingerprint density at radius 2 is 1.83 bits per heavy atom. The molecule has 0 aliphatic rings. The van der Waals surface area contributed by atoms with Crippen molar-refractivity contribution in [1.82, 2.24) is 9.13 Å². The van der Waals surface area contributed by atoms with E-state index in [4.69, 9.17) is 11.6 Å². The lowest BCUT2D eigenvalue weighted by Crippen LogP contribution is -2.29. The zero-order chi connectivity index (χ0) is 22.1. The van der Waals surface area contributed by atoms with Crippen molar-refractivity contribution in [3.8, 4) is 0 Å². The topological polar surface area (TPSA) is 64.2 Å². The number of carboxylic acid groups (broad SMARTS) is 1. The van der Waals surface area contributed by atoms with Gasteiger partial charge in [-0.25, -0.2) is 4.79 Å². The van der Waals surface area contributed by atoms with E-state index in [0.29, 0.717) is 23.9 Å². The lowest BCUT2D eigenvalue weighted by molar-refractivity contribution is -0.139. The molecule has 0 radical (unpaired) electrons. The second kappa shape index (κ2) is 8.55. The fraction of sp³-hybridized carbons (Fsp3) is 0.333. The molecule has 2 aromatic carbocycles. The Morgan fingerprint density at radius 3 is 2.43 bits per heavy atom. The van der Waals surface area contributed by atoms with Crippen LogP contribution in [0.4, 0.5) is 13.2 Å². The Kier molecular flexibility index (Phi) is 6.26. The monoisotopic (exact) mass is 440 g/mol. The largest absolute Gasteiger partial charge is 0.481 e. The molecule has 0 spiro atoms. The maximum Gasteiger partial charge on any atom is 0.416 e. The third-order valence-electron chi connectivity index (χ3n) is 4.97. The molecule has 1 atom stereocenters. The molecule has 30 heavy (non-hydrogen) atoms. The number of carboxylic acids is 1. The predicted molar refractivity (Wildman–Crippen MR) is 108 cm³/mol. The molecule has 3 rings (SSSR count). The molecule has 0 saturated heterocycles. The normalized spacial score (nSPS) is 13.0.